The third-order valence-electron chi connectivity index (χ3n) is 2.36. The molecule has 1 aromatic carbocycles. The maximum atomic E-state index is 11.6. The number of halogens is 1. The van der Waals surface area contributed by atoms with Crippen molar-refractivity contribution >= 4 is 33.7 Å². The number of nitrogens with zero attached hydrogens (tertiary/aromatic N) is 2. The van der Waals surface area contributed by atoms with Gasteiger partial charge in [0.15, 0.2) is 0 Å². The van der Waals surface area contributed by atoms with E-state index in [-0.39, 0.29) is 12.5 Å². The van der Waals surface area contributed by atoms with Gasteiger partial charge in [-0.05, 0) is 24.3 Å². The second-order valence-corrected chi connectivity index (χ2v) is 4.86. The molecule has 0 bridgehead atoms. The van der Waals surface area contributed by atoms with Crippen molar-refractivity contribution in [3.8, 4) is 0 Å². The van der Waals surface area contributed by atoms with Crippen LogP contribution < -0.4 is 10.7 Å². The van der Waals surface area contributed by atoms with Crippen molar-refractivity contribution in [1.82, 2.24) is 10.4 Å². The molecule has 0 aliphatic rings. The zero-order chi connectivity index (χ0) is 14.2. The van der Waals surface area contributed by atoms with Gasteiger partial charge in [-0.15, -0.1) is 0 Å². The average molecular weight is 333 g/mol. The van der Waals surface area contributed by atoms with Gasteiger partial charge in [0.25, 0.3) is 5.91 Å². The molecule has 5 nitrogen and oxygen atoms in total. The van der Waals surface area contributed by atoms with Gasteiger partial charge in [-0.1, -0.05) is 28.1 Å². The summed E-state index contributed by atoms with van der Waals surface area (Å²) in [7, 11) is 0. The Morgan fingerprint density at radius 3 is 3.00 bits per heavy atom. The molecule has 2 N–H and O–H groups in total. The van der Waals surface area contributed by atoms with E-state index in [9.17, 15) is 4.79 Å². The number of anilines is 1. The van der Waals surface area contributed by atoms with Crippen LogP contribution in [-0.4, -0.2) is 23.7 Å². The van der Waals surface area contributed by atoms with Gasteiger partial charge in [-0.25, -0.2) is 5.43 Å². The van der Waals surface area contributed by atoms with E-state index in [0.29, 0.717) is 0 Å². The lowest BCUT2D eigenvalue weighted by Gasteiger charge is -2.05. The number of rotatable bonds is 5. The number of nitrogens with one attached hydrogen (secondary N) is 2. The number of hydrazone groups is 1. The SMILES string of the molecule is O=C(CNc1cccc(Br)c1)N/N=C/c1cccnc1. The first kappa shape index (κ1) is 14.2. The summed E-state index contributed by atoms with van der Waals surface area (Å²) in [5, 5.41) is 6.86. The molecule has 0 unspecified atom stereocenters. The molecule has 0 radical (unpaired) electrons. The Labute approximate surface area is 125 Å². The number of aromatic nitrogens is 1. The van der Waals surface area contributed by atoms with Gasteiger partial charge in [0.2, 0.25) is 0 Å². The topological polar surface area (TPSA) is 66.4 Å². The lowest BCUT2D eigenvalue weighted by Crippen LogP contribution is -2.25. The van der Waals surface area contributed by atoms with Gasteiger partial charge in [-0.3, -0.25) is 9.78 Å². The average Bonchev–Trinajstić information content (AvgIpc) is 2.46. The lowest BCUT2D eigenvalue weighted by molar-refractivity contribution is -0.119. The smallest absolute Gasteiger partial charge is 0.259 e. The van der Waals surface area contributed by atoms with Crippen LogP contribution in [0.4, 0.5) is 5.69 Å². The van der Waals surface area contributed by atoms with E-state index in [1.165, 1.54) is 0 Å². The fourth-order valence-electron chi connectivity index (χ4n) is 1.45. The van der Waals surface area contributed by atoms with E-state index in [1.54, 1.807) is 24.7 Å². The summed E-state index contributed by atoms with van der Waals surface area (Å²) in [6.07, 6.45) is 4.89. The molecular weight excluding hydrogens is 320 g/mol. The number of carbonyl (C=O) groups is 1. The summed E-state index contributed by atoms with van der Waals surface area (Å²) < 4.78 is 0.956. The molecule has 1 aromatic heterocycles. The molecule has 0 spiro atoms. The number of pyridine rings is 1. The second-order valence-electron chi connectivity index (χ2n) is 3.94. The molecule has 0 saturated carbocycles. The minimum Gasteiger partial charge on any atom is -0.376 e. The summed E-state index contributed by atoms with van der Waals surface area (Å²) in [5.74, 6) is -0.217. The maximum Gasteiger partial charge on any atom is 0.259 e. The Balaban J connectivity index is 1.77. The van der Waals surface area contributed by atoms with E-state index in [0.717, 1.165) is 15.7 Å². The highest BCUT2D eigenvalue weighted by Gasteiger charge is 1.99. The first-order chi connectivity index (χ1) is 9.74. The van der Waals surface area contributed by atoms with Gasteiger partial charge in [0.05, 0.1) is 12.8 Å². The fraction of sp³-hybridized carbons (Fsp3) is 0.0714. The van der Waals surface area contributed by atoms with Crippen LogP contribution >= 0.6 is 15.9 Å². The zero-order valence-electron chi connectivity index (χ0n) is 10.6. The number of benzene rings is 1. The van der Waals surface area contributed by atoms with Crippen LogP contribution in [0.25, 0.3) is 0 Å². The number of hydrogen-bond donors (Lipinski definition) is 2. The molecule has 0 aliphatic carbocycles. The normalized spacial score (nSPS) is 10.4. The highest BCUT2D eigenvalue weighted by Crippen LogP contribution is 2.14. The van der Waals surface area contributed by atoms with Crippen LogP contribution in [-0.2, 0) is 4.79 Å². The molecule has 0 aliphatic heterocycles. The van der Waals surface area contributed by atoms with Gasteiger partial charge in [0, 0.05) is 28.1 Å². The third kappa shape index (κ3) is 4.81. The predicted molar refractivity (Wildman–Crippen MR) is 82.6 cm³/mol. The molecule has 2 rings (SSSR count). The van der Waals surface area contributed by atoms with Crippen molar-refractivity contribution in [3.05, 3.63) is 58.8 Å². The van der Waals surface area contributed by atoms with E-state index < -0.39 is 0 Å². The quantitative estimate of drug-likeness (QED) is 0.652. The lowest BCUT2D eigenvalue weighted by atomic mass is 10.3. The van der Waals surface area contributed by atoms with Gasteiger partial charge < -0.3 is 5.32 Å². The number of hydrogen-bond acceptors (Lipinski definition) is 4. The largest absolute Gasteiger partial charge is 0.376 e. The van der Waals surface area contributed by atoms with Crippen molar-refractivity contribution in [2.45, 2.75) is 0 Å². The maximum absolute atomic E-state index is 11.6. The highest BCUT2D eigenvalue weighted by molar-refractivity contribution is 9.10. The van der Waals surface area contributed by atoms with Crippen LogP contribution in [0.15, 0.2) is 58.4 Å². The molecule has 2 aromatic rings. The summed E-state index contributed by atoms with van der Waals surface area (Å²) >= 11 is 3.37. The summed E-state index contributed by atoms with van der Waals surface area (Å²) in [4.78, 5) is 15.5. The Kier molecular flexibility index (Phi) is 5.25. The molecule has 0 saturated heterocycles. The molecule has 102 valence electrons. The minimum absolute atomic E-state index is 0.154. The van der Waals surface area contributed by atoms with Crippen molar-refractivity contribution < 1.29 is 4.79 Å². The van der Waals surface area contributed by atoms with Crippen LogP contribution in [0.5, 0.6) is 0 Å². The van der Waals surface area contributed by atoms with Crippen LogP contribution in [0.2, 0.25) is 0 Å². The Morgan fingerprint density at radius 1 is 1.35 bits per heavy atom. The first-order valence-electron chi connectivity index (χ1n) is 5.95. The van der Waals surface area contributed by atoms with Crippen LogP contribution in [0.3, 0.4) is 0 Å². The second kappa shape index (κ2) is 7.40. The summed E-state index contributed by atoms with van der Waals surface area (Å²) in [6.45, 7) is 0.154. The van der Waals surface area contributed by atoms with Crippen molar-refractivity contribution in [3.63, 3.8) is 0 Å². The van der Waals surface area contributed by atoms with Crippen molar-refractivity contribution in [1.29, 1.82) is 0 Å². The third-order valence-corrected chi connectivity index (χ3v) is 2.86. The van der Waals surface area contributed by atoms with Gasteiger partial charge in [0.1, 0.15) is 0 Å². The molecular formula is C14H13BrN4O. The zero-order valence-corrected chi connectivity index (χ0v) is 12.2. The fourth-order valence-corrected chi connectivity index (χ4v) is 1.85. The molecule has 1 amide bonds. The van der Waals surface area contributed by atoms with E-state index in [2.05, 4.69) is 36.8 Å². The molecule has 6 heteroatoms. The monoisotopic (exact) mass is 332 g/mol. The molecule has 1 heterocycles. The summed E-state index contributed by atoms with van der Waals surface area (Å²) in [5.41, 5.74) is 4.14. The van der Waals surface area contributed by atoms with Crippen molar-refractivity contribution in [2.75, 3.05) is 11.9 Å². The van der Waals surface area contributed by atoms with Crippen LogP contribution in [0, 0.1) is 0 Å². The van der Waals surface area contributed by atoms with E-state index in [4.69, 9.17) is 0 Å². The van der Waals surface area contributed by atoms with E-state index >= 15 is 0 Å². The van der Waals surface area contributed by atoms with Crippen LogP contribution in [0.1, 0.15) is 5.56 Å². The summed E-state index contributed by atoms with van der Waals surface area (Å²) in [6, 6.07) is 11.2. The molecule has 20 heavy (non-hydrogen) atoms. The first-order valence-corrected chi connectivity index (χ1v) is 6.75. The van der Waals surface area contributed by atoms with Crippen molar-refractivity contribution in [2.24, 2.45) is 5.10 Å². The predicted octanol–water partition coefficient (Wildman–Crippen LogP) is 2.41. The number of amides is 1. The van der Waals surface area contributed by atoms with E-state index in [1.807, 2.05) is 30.3 Å². The Bertz CT molecular complexity index is 601. The molecule has 0 fully saturated rings. The standard InChI is InChI=1S/C14H13BrN4O/c15-12-4-1-5-13(7-12)17-10-14(20)19-18-9-11-3-2-6-16-8-11/h1-9,17H,10H2,(H,19,20)/b18-9+. The molecule has 0 atom stereocenters. The van der Waals surface area contributed by atoms with Gasteiger partial charge in [-0.2, -0.15) is 5.10 Å². The van der Waals surface area contributed by atoms with Gasteiger partial charge >= 0.3 is 0 Å². The Morgan fingerprint density at radius 2 is 2.25 bits per heavy atom. The number of carbonyl (C=O) groups excluding carboxylic acids is 1. The minimum atomic E-state index is -0.217. The Hall–Kier alpha value is -2.21. The highest BCUT2D eigenvalue weighted by atomic mass is 79.9.